The van der Waals surface area contributed by atoms with E-state index in [1.807, 2.05) is 0 Å². The highest BCUT2D eigenvalue weighted by Gasteiger charge is 2.44. The van der Waals surface area contributed by atoms with Gasteiger partial charge in [-0.3, -0.25) is 25.0 Å². The highest BCUT2D eigenvalue weighted by Crippen LogP contribution is 2.44. The topological polar surface area (TPSA) is 125 Å². The molecule has 0 unspecified atom stereocenters. The largest absolute Gasteiger partial charge is 0.440 e. The van der Waals surface area contributed by atoms with Crippen LogP contribution in [-0.2, 0) is 9.53 Å². The number of non-ortho nitro benzene ring substituents is 1. The lowest BCUT2D eigenvalue weighted by Crippen LogP contribution is -2.31. The molecule has 1 atom stereocenters. The number of hydrogen-bond donors (Lipinski definition) is 1. The van der Waals surface area contributed by atoms with Crippen LogP contribution in [0, 0.1) is 20.2 Å². The van der Waals surface area contributed by atoms with Gasteiger partial charge < -0.3 is 10.1 Å². The fourth-order valence-electron chi connectivity index (χ4n) is 3.19. The van der Waals surface area contributed by atoms with Gasteiger partial charge in [0.15, 0.2) is 5.78 Å². The Balaban J connectivity index is 2.18. The number of benzene rings is 1. The molecule has 9 nitrogen and oxygen atoms in total. The number of nitro groups is 2. The Morgan fingerprint density at radius 1 is 1.12 bits per heavy atom. The summed E-state index contributed by atoms with van der Waals surface area (Å²) in [6, 6.07) is 5.43. The average molecular weight is 345 g/mol. The quantitative estimate of drug-likeness (QED) is 0.656. The van der Waals surface area contributed by atoms with Gasteiger partial charge in [0.05, 0.1) is 15.4 Å². The summed E-state index contributed by atoms with van der Waals surface area (Å²) in [6.45, 7) is 0. The zero-order valence-electron chi connectivity index (χ0n) is 13.4. The predicted octanol–water partition coefficient (Wildman–Crippen LogP) is 2.38. The molecule has 25 heavy (non-hydrogen) atoms. The van der Waals surface area contributed by atoms with Crippen LogP contribution in [0.15, 0.2) is 47.2 Å². The first-order chi connectivity index (χ1) is 11.9. The van der Waals surface area contributed by atoms with Crippen LogP contribution in [-0.4, -0.2) is 22.7 Å². The fraction of sp³-hybridized carbons (Fsp3) is 0.312. The minimum atomic E-state index is -0.921. The second-order valence-electron chi connectivity index (χ2n) is 5.72. The van der Waals surface area contributed by atoms with E-state index in [1.165, 1.54) is 31.3 Å². The van der Waals surface area contributed by atoms with Crippen molar-refractivity contribution in [3.8, 4) is 0 Å². The first-order valence-electron chi connectivity index (χ1n) is 7.68. The lowest BCUT2D eigenvalue weighted by Gasteiger charge is -2.30. The lowest BCUT2D eigenvalue weighted by atomic mass is 9.79. The summed E-state index contributed by atoms with van der Waals surface area (Å²) in [6.07, 6.45) is 1.43. The molecule has 130 valence electrons. The molecule has 0 saturated carbocycles. The summed E-state index contributed by atoms with van der Waals surface area (Å²) in [5, 5.41) is 25.2. The Hall–Kier alpha value is -3.23. The van der Waals surface area contributed by atoms with Crippen LogP contribution in [0.25, 0.3) is 0 Å². The summed E-state index contributed by atoms with van der Waals surface area (Å²) < 4.78 is 5.57. The monoisotopic (exact) mass is 345 g/mol. The molecule has 1 heterocycles. The number of nitrogens with zero attached hydrogens (tertiary/aromatic N) is 2. The van der Waals surface area contributed by atoms with Crippen LogP contribution in [0.2, 0.25) is 0 Å². The number of allylic oxidation sites excluding steroid dienone is 2. The average Bonchev–Trinajstić information content (AvgIpc) is 2.60. The van der Waals surface area contributed by atoms with E-state index in [-0.39, 0.29) is 28.6 Å². The number of Topliss-reactive ketones (excluding diaryl/α,β-unsaturated/α-hetero) is 1. The molecule has 1 aromatic carbocycles. The number of ether oxygens (including phenoxy) is 1. The van der Waals surface area contributed by atoms with Gasteiger partial charge in [-0.15, -0.1) is 0 Å². The molecule has 0 fully saturated rings. The Kier molecular flexibility index (Phi) is 4.22. The third-order valence-electron chi connectivity index (χ3n) is 4.29. The molecule has 3 rings (SSSR count). The van der Waals surface area contributed by atoms with Gasteiger partial charge in [0.25, 0.3) is 11.6 Å². The van der Waals surface area contributed by atoms with Crippen molar-refractivity contribution in [3.63, 3.8) is 0 Å². The summed E-state index contributed by atoms with van der Waals surface area (Å²) in [5.74, 6) is -0.703. The molecular formula is C16H15N3O6. The van der Waals surface area contributed by atoms with Crippen molar-refractivity contribution in [2.75, 3.05) is 7.05 Å². The van der Waals surface area contributed by atoms with Gasteiger partial charge in [0, 0.05) is 32.0 Å². The van der Waals surface area contributed by atoms with Crippen molar-refractivity contribution >= 4 is 11.5 Å². The molecule has 1 N–H and O–H groups in total. The number of rotatable bonds is 4. The minimum absolute atomic E-state index is 0.0122. The van der Waals surface area contributed by atoms with Gasteiger partial charge in [-0.1, -0.05) is 12.1 Å². The summed E-state index contributed by atoms with van der Waals surface area (Å²) in [5.41, 5.74) is 0.313. The first-order valence-corrected chi connectivity index (χ1v) is 7.68. The number of nitro benzene ring substituents is 1. The van der Waals surface area contributed by atoms with Gasteiger partial charge in [0.2, 0.25) is 0 Å². The van der Waals surface area contributed by atoms with Crippen molar-refractivity contribution in [3.05, 3.63) is 73.0 Å². The molecular weight excluding hydrogens is 330 g/mol. The van der Waals surface area contributed by atoms with Crippen LogP contribution in [0.1, 0.15) is 30.7 Å². The van der Waals surface area contributed by atoms with Crippen LogP contribution in [0.4, 0.5) is 5.69 Å². The molecule has 0 amide bonds. The lowest BCUT2D eigenvalue weighted by molar-refractivity contribution is -0.433. The molecule has 2 aliphatic rings. The van der Waals surface area contributed by atoms with Crippen molar-refractivity contribution < 1.29 is 19.4 Å². The highest BCUT2D eigenvalue weighted by molar-refractivity contribution is 5.99. The molecule has 1 aliphatic heterocycles. The minimum Gasteiger partial charge on any atom is -0.440 e. The smallest absolute Gasteiger partial charge is 0.317 e. The molecule has 0 bridgehead atoms. The predicted molar refractivity (Wildman–Crippen MR) is 85.9 cm³/mol. The molecule has 0 aromatic heterocycles. The summed E-state index contributed by atoms with van der Waals surface area (Å²) in [7, 11) is 1.50. The number of hydrogen-bond acceptors (Lipinski definition) is 7. The molecule has 0 spiro atoms. The maximum atomic E-state index is 12.4. The highest BCUT2D eigenvalue weighted by atomic mass is 16.6. The number of nitrogens with one attached hydrogen (secondary N) is 1. The van der Waals surface area contributed by atoms with Crippen LogP contribution >= 0.6 is 0 Å². The molecule has 1 aromatic rings. The van der Waals surface area contributed by atoms with Gasteiger partial charge >= 0.3 is 5.70 Å². The van der Waals surface area contributed by atoms with E-state index in [4.69, 9.17) is 4.74 Å². The standard InChI is InChI=1S/C16H15N3O6/c1-17-16-15(19(23)24)13(9-5-7-10(8-6-9)18(21)22)14-11(20)3-2-4-12(14)25-16/h5-8,13,17H,2-4H2,1H3/t13-/m0/s1. The summed E-state index contributed by atoms with van der Waals surface area (Å²) in [4.78, 5) is 33.8. The van der Waals surface area contributed by atoms with E-state index in [9.17, 15) is 25.0 Å². The van der Waals surface area contributed by atoms with Gasteiger partial charge in [-0.25, -0.2) is 0 Å². The van der Waals surface area contributed by atoms with Gasteiger partial charge in [0.1, 0.15) is 11.7 Å². The van der Waals surface area contributed by atoms with E-state index in [1.54, 1.807) is 0 Å². The van der Waals surface area contributed by atoms with E-state index in [0.717, 1.165) is 0 Å². The maximum Gasteiger partial charge on any atom is 0.317 e. The molecule has 9 heteroatoms. The number of carbonyl (C=O) groups excluding carboxylic acids is 1. The SMILES string of the molecule is CNC1=C([N+](=O)[O-])[C@@H](c2ccc([N+](=O)[O-])cc2)C2=C(CCCC2=O)O1. The van der Waals surface area contributed by atoms with E-state index >= 15 is 0 Å². The van der Waals surface area contributed by atoms with E-state index in [0.29, 0.717) is 30.6 Å². The molecule has 0 saturated heterocycles. The van der Waals surface area contributed by atoms with E-state index < -0.39 is 15.8 Å². The third kappa shape index (κ3) is 2.84. The van der Waals surface area contributed by atoms with Crippen molar-refractivity contribution in [1.82, 2.24) is 5.32 Å². The number of ketones is 1. The normalized spacial score (nSPS) is 20.0. The second kappa shape index (κ2) is 6.34. The van der Waals surface area contributed by atoms with Crippen molar-refractivity contribution in [1.29, 1.82) is 0 Å². The van der Waals surface area contributed by atoms with E-state index in [2.05, 4.69) is 5.32 Å². The molecule has 1 aliphatic carbocycles. The van der Waals surface area contributed by atoms with Gasteiger partial charge in [-0.2, -0.15) is 0 Å². The number of carbonyl (C=O) groups is 1. The zero-order chi connectivity index (χ0) is 18.1. The van der Waals surface area contributed by atoms with Crippen LogP contribution < -0.4 is 5.32 Å². The zero-order valence-corrected chi connectivity index (χ0v) is 13.4. The Morgan fingerprint density at radius 3 is 2.36 bits per heavy atom. The Bertz CT molecular complexity index is 813. The van der Waals surface area contributed by atoms with Crippen LogP contribution in [0.3, 0.4) is 0 Å². The van der Waals surface area contributed by atoms with Gasteiger partial charge in [-0.05, 0) is 12.0 Å². The van der Waals surface area contributed by atoms with Crippen molar-refractivity contribution in [2.24, 2.45) is 0 Å². The third-order valence-corrected chi connectivity index (χ3v) is 4.29. The Labute approximate surface area is 142 Å². The van der Waals surface area contributed by atoms with Crippen LogP contribution in [0.5, 0.6) is 0 Å². The fourth-order valence-corrected chi connectivity index (χ4v) is 3.19. The van der Waals surface area contributed by atoms with Crippen molar-refractivity contribution in [2.45, 2.75) is 25.2 Å². The maximum absolute atomic E-state index is 12.4. The molecule has 0 radical (unpaired) electrons. The second-order valence-corrected chi connectivity index (χ2v) is 5.72. The first kappa shape index (κ1) is 16.6. The Morgan fingerprint density at radius 2 is 1.80 bits per heavy atom. The summed E-state index contributed by atoms with van der Waals surface area (Å²) >= 11 is 0.